The molecular formula is C23H21F3N2O3S. The lowest BCUT2D eigenvalue weighted by molar-refractivity contribution is -0.137. The van der Waals surface area contributed by atoms with Gasteiger partial charge in [-0.3, -0.25) is 9.10 Å². The molecule has 0 heterocycles. The summed E-state index contributed by atoms with van der Waals surface area (Å²) in [7, 11) is -0.972. The summed E-state index contributed by atoms with van der Waals surface area (Å²) in [5, 5.41) is 0. The molecule has 5 nitrogen and oxygen atoms in total. The quantitative estimate of drug-likeness (QED) is 0.529. The minimum absolute atomic E-state index is 0.0439. The maximum atomic E-state index is 13.0. The molecule has 3 aromatic rings. The Morgan fingerprint density at radius 1 is 0.875 bits per heavy atom. The molecule has 3 rings (SSSR count). The third-order valence-electron chi connectivity index (χ3n) is 4.91. The standard InChI is InChI=1S/C23H21F3N2O3S/c1-27(16-17-11-13-19(14-12-17)23(24,25)26)22(29)18-7-6-10-21(15-18)32(30,31)28(2)20-8-4-3-5-9-20/h3-15H,16H2,1-2H3. The highest BCUT2D eigenvalue weighted by Crippen LogP contribution is 2.29. The average molecular weight is 462 g/mol. The Morgan fingerprint density at radius 3 is 2.09 bits per heavy atom. The second-order valence-corrected chi connectivity index (χ2v) is 9.16. The van der Waals surface area contributed by atoms with Gasteiger partial charge in [-0.15, -0.1) is 0 Å². The predicted molar refractivity (Wildman–Crippen MR) is 116 cm³/mol. The van der Waals surface area contributed by atoms with Gasteiger partial charge >= 0.3 is 6.18 Å². The average Bonchev–Trinajstić information content (AvgIpc) is 2.78. The number of hydrogen-bond acceptors (Lipinski definition) is 3. The van der Waals surface area contributed by atoms with Crippen LogP contribution in [0.4, 0.5) is 18.9 Å². The number of carbonyl (C=O) groups excluding carboxylic acids is 1. The summed E-state index contributed by atoms with van der Waals surface area (Å²) >= 11 is 0. The first-order valence-corrected chi connectivity index (χ1v) is 11.0. The van der Waals surface area contributed by atoms with Crippen LogP contribution in [0.15, 0.2) is 83.8 Å². The van der Waals surface area contributed by atoms with Crippen molar-refractivity contribution in [3.8, 4) is 0 Å². The van der Waals surface area contributed by atoms with E-state index in [1.807, 2.05) is 0 Å². The first-order chi connectivity index (χ1) is 15.0. The van der Waals surface area contributed by atoms with Crippen LogP contribution in [0.3, 0.4) is 0 Å². The second-order valence-electron chi connectivity index (χ2n) is 7.19. The zero-order chi connectivity index (χ0) is 23.5. The summed E-state index contributed by atoms with van der Waals surface area (Å²) in [6, 6.07) is 18.7. The topological polar surface area (TPSA) is 57.7 Å². The number of rotatable bonds is 6. The molecule has 0 fully saturated rings. The van der Waals surface area contributed by atoms with E-state index in [4.69, 9.17) is 0 Å². The highest BCUT2D eigenvalue weighted by Gasteiger charge is 2.30. The van der Waals surface area contributed by atoms with Gasteiger partial charge in [0.25, 0.3) is 15.9 Å². The fourth-order valence-electron chi connectivity index (χ4n) is 3.09. The van der Waals surface area contributed by atoms with Crippen molar-refractivity contribution in [3.63, 3.8) is 0 Å². The van der Waals surface area contributed by atoms with Crippen molar-refractivity contribution in [3.05, 3.63) is 95.6 Å². The molecule has 9 heteroatoms. The Bertz CT molecular complexity index is 1200. The van der Waals surface area contributed by atoms with Crippen LogP contribution < -0.4 is 4.31 Å². The maximum Gasteiger partial charge on any atom is 0.416 e. The van der Waals surface area contributed by atoms with Crippen molar-refractivity contribution >= 4 is 21.6 Å². The van der Waals surface area contributed by atoms with Gasteiger partial charge in [-0.05, 0) is 48.0 Å². The molecule has 3 aromatic carbocycles. The molecule has 0 bridgehead atoms. The number of nitrogens with zero attached hydrogens (tertiary/aromatic N) is 2. The summed E-state index contributed by atoms with van der Waals surface area (Å²) in [4.78, 5) is 14.1. The monoisotopic (exact) mass is 462 g/mol. The van der Waals surface area contributed by atoms with Gasteiger partial charge in [-0.1, -0.05) is 36.4 Å². The smallest absolute Gasteiger partial charge is 0.337 e. The highest BCUT2D eigenvalue weighted by atomic mass is 32.2. The van der Waals surface area contributed by atoms with Gasteiger partial charge in [-0.25, -0.2) is 8.42 Å². The molecule has 0 aliphatic carbocycles. The number of sulfonamides is 1. The van der Waals surface area contributed by atoms with Crippen LogP contribution in [0.25, 0.3) is 0 Å². The van der Waals surface area contributed by atoms with E-state index in [0.29, 0.717) is 11.3 Å². The van der Waals surface area contributed by atoms with E-state index < -0.39 is 27.7 Å². The van der Waals surface area contributed by atoms with E-state index in [2.05, 4.69) is 0 Å². The number of benzene rings is 3. The fraction of sp³-hybridized carbons (Fsp3) is 0.174. The molecule has 0 aliphatic heterocycles. The second kappa shape index (κ2) is 9.04. The summed E-state index contributed by atoms with van der Waals surface area (Å²) in [5.74, 6) is -0.454. The Labute approximate surface area is 184 Å². The van der Waals surface area contributed by atoms with Crippen LogP contribution in [-0.2, 0) is 22.7 Å². The van der Waals surface area contributed by atoms with Gasteiger partial charge in [0.15, 0.2) is 0 Å². The van der Waals surface area contributed by atoms with Crippen molar-refractivity contribution in [2.45, 2.75) is 17.6 Å². The van der Waals surface area contributed by atoms with Crippen molar-refractivity contribution in [1.82, 2.24) is 4.90 Å². The lowest BCUT2D eigenvalue weighted by Gasteiger charge is -2.21. The summed E-state index contributed by atoms with van der Waals surface area (Å²) in [6.45, 7) is 0.0673. The van der Waals surface area contributed by atoms with Crippen LogP contribution in [0.1, 0.15) is 21.5 Å². The number of amides is 1. The van der Waals surface area contributed by atoms with Crippen LogP contribution in [-0.4, -0.2) is 33.3 Å². The number of carbonyl (C=O) groups is 1. The third kappa shape index (κ3) is 5.11. The Kier molecular flexibility index (Phi) is 6.59. The Hall–Kier alpha value is -3.33. The van der Waals surface area contributed by atoms with Crippen molar-refractivity contribution in [1.29, 1.82) is 0 Å². The molecule has 168 valence electrons. The fourth-order valence-corrected chi connectivity index (χ4v) is 4.33. The molecule has 0 atom stereocenters. The minimum atomic E-state index is -4.43. The first kappa shape index (κ1) is 23.3. The lowest BCUT2D eigenvalue weighted by atomic mass is 10.1. The summed E-state index contributed by atoms with van der Waals surface area (Å²) in [5.41, 5.74) is 0.378. The summed E-state index contributed by atoms with van der Waals surface area (Å²) < 4.78 is 65.2. The molecule has 0 spiro atoms. The molecular weight excluding hydrogens is 441 g/mol. The Morgan fingerprint density at radius 2 is 1.50 bits per heavy atom. The molecule has 0 aliphatic rings. The van der Waals surface area contributed by atoms with E-state index in [0.717, 1.165) is 16.4 Å². The van der Waals surface area contributed by atoms with Gasteiger partial charge in [0.05, 0.1) is 16.1 Å². The molecule has 32 heavy (non-hydrogen) atoms. The number of halogens is 3. The van der Waals surface area contributed by atoms with Gasteiger partial charge in [0.1, 0.15) is 0 Å². The van der Waals surface area contributed by atoms with E-state index in [9.17, 15) is 26.4 Å². The largest absolute Gasteiger partial charge is 0.416 e. The van der Waals surface area contributed by atoms with Crippen molar-refractivity contribution in [2.75, 3.05) is 18.4 Å². The van der Waals surface area contributed by atoms with Gasteiger partial charge in [0, 0.05) is 26.2 Å². The Balaban J connectivity index is 1.79. The van der Waals surface area contributed by atoms with Crippen LogP contribution in [0, 0.1) is 0 Å². The van der Waals surface area contributed by atoms with E-state index in [-0.39, 0.29) is 17.0 Å². The summed E-state index contributed by atoms with van der Waals surface area (Å²) in [6.07, 6.45) is -4.43. The molecule has 0 aromatic heterocycles. The molecule has 0 N–H and O–H groups in total. The van der Waals surface area contributed by atoms with E-state index in [1.54, 1.807) is 30.3 Å². The lowest BCUT2D eigenvalue weighted by Crippen LogP contribution is -2.28. The molecule has 1 amide bonds. The van der Waals surface area contributed by atoms with Crippen molar-refractivity contribution < 1.29 is 26.4 Å². The molecule has 0 saturated heterocycles. The predicted octanol–water partition coefficient (Wildman–Crippen LogP) is 4.80. The first-order valence-electron chi connectivity index (χ1n) is 9.56. The van der Waals surface area contributed by atoms with Crippen LogP contribution in [0.2, 0.25) is 0 Å². The highest BCUT2D eigenvalue weighted by molar-refractivity contribution is 7.92. The van der Waals surface area contributed by atoms with Gasteiger partial charge < -0.3 is 4.90 Å². The number of para-hydroxylation sites is 1. The van der Waals surface area contributed by atoms with Gasteiger partial charge in [0.2, 0.25) is 0 Å². The van der Waals surface area contributed by atoms with Crippen LogP contribution in [0.5, 0.6) is 0 Å². The number of hydrogen-bond donors (Lipinski definition) is 0. The molecule has 0 radical (unpaired) electrons. The van der Waals surface area contributed by atoms with E-state index >= 15 is 0 Å². The molecule has 0 unspecified atom stereocenters. The zero-order valence-corrected chi connectivity index (χ0v) is 18.2. The normalized spacial score (nSPS) is 11.8. The van der Waals surface area contributed by atoms with Crippen LogP contribution >= 0.6 is 0 Å². The third-order valence-corrected chi connectivity index (χ3v) is 6.69. The SMILES string of the molecule is CN(Cc1ccc(C(F)(F)F)cc1)C(=O)c1cccc(S(=O)(=O)N(C)c2ccccc2)c1. The number of alkyl halides is 3. The van der Waals surface area contributed by atoms with E-state index in [1.165, 1.54) is 55.4 Å². The van der Waals surface area contributed by atoms with Crippen molar-refractivity contribution in [2.24, 2.45) is 0 Å². The van der Waals surface area contributed by atoms with Gasteiger partial charge in [-0.2, -0.15) is 13.2 Å². The molecule has 0 saturated carbocycles. The minimum Gasteiger partial charge on any atom is -0.337 e. The zero-order valence-electron chi connectivity index (χ0n) is 17.4. The number of anilines is 1. The maximum absolute atomic E-state index is 13.0.